The van der Waals surface area contributed by atoms with Crippen LogP contribution in [0, 0.1) is 0 Å². The fraction of sp³-hybridized carbons (Fsp3) is 0.500. The third-order valence-corrected chi connectivity index (χ3v) is 4.90. The van der Waals surface area contributed by atoms with E-state index in [-0.39, 0.29) is 24.3 Å². The summed E-state index contributed by atoms with van der Waals surface area (Å²) in [6, 6.07) is 8.23. The molecule has 25 heavy (non-hydrogen) atoms. The van der Waals surface area contributed by atoms with Gasteiger partial charge in [-0.2, -0.15) is 0 Å². The highest BCUT2D eigenvalue weighted by Crippen LogP contribution is 2.19. The molecule has 0 bridgehead atoms. The number of nitrogens with one attached hydrogen (secondary N) is 2. The number of benzene rings is 1. The van der Waals surface area contributed by atoms with E-state index in [9.17, 15) is 9.59 Å². The smallest absolute Gasteiger partial charge is 0.306 e. The molecule has 5 nitrogen and oxygen atoms in total. The van der Waals surface area contributed by atoms with E-state index in [0.717, 1.165) is 42.1 Å². The van der Waals surface area contributed by atoms with Crippen molar-refractivity contribution < 1.29 is 14.3 Å². The van der Waals surface area contributed by atoms with Crippen LogP contribution in [0.15, 0.2) is 30.5 Å². The SMILES string of the molecule is CC(OC(=O)CCc1c[nH]c2ccccc12)C(=O)NC1CCCCC1. The normalized spacial score (nSPS) is 16.5. The summed E-state index contributed by atoms with van der Waals surface area (Å²) in [6.45, 7) is 1.64. The quantitative estimate of drug-likeness (QED) is 0.790. The maximum Gasteiger partial charge on any atom is 0.306 e. The second-order valence-electron chi connectivity index (χ2n) is 6.84. The summed E-state index contributed by atoms with van der Waals surface area (Å²) in [5, 5.41) is 4.12. The Morgan fingerprint density at radius 3 is 2.80 bits per heavy atom. The van der Waals surface area contributed by atoms with E-state index in [4.69, 9.17) is 4.74 Å². The van der Waals surface area contributed by atoms with Gasteiger partial charge in [-0.25, -0.2) is 0 Å². The van der Waals surface area contributed by atoms with Gasteiger partial charge >= 0.3 is 5.97 Å². The Morgan fingerprint density at radius 1 is 1.24 bits per heavy atom. The molecule has 0 spiro atoms. The Balaban J connectivity index is 1.45. The zero-order chi connectivity index (χ0) is 17.6. The Hall–Kier alpha value is -2.30. The van der Waals surface area contributed by atoms with E-state index in [0.29, 0.717) is 6.42 Å². The molecule has 1 saturated carbocycles. The third kappa shape index (κ3) is 4.62. The summed E-state index contributed by atoms with van der Waals surface area (Å²) in [5.74, 6) is -0.524. The van der Waals surface area contributed by atoms with Crippen LogP contribution in [0.1, 0.15) is 51.0 Å². The van der Waals surface area contributed by atoms with Crippen LogP contribution in [0.2, 0.25) is 0 Å². The van der Waals surface area contributed by atoms with Gasteiger partial charge in [0.1, 0.15) is 0 Å². The zero-order valence-corrected chi connectivity index (χ0v) is 14.7. The van der Waals surface area contributed by atoms with Crippen LogP contribution in [-0.2, 0) is 20.7 Å². The lowest BCUT2D eigenvalue weighted by atomic mass is 9.95. The first-order valence-electron chi connectivity index (χ1n) is 9.18. The Kier molecular flexibility index (Phi) is 5.74. The molecule has 5 heteroatoms. The van der Waals surface area contributed by atoms with Gasteiger partial charge in [-0.05, 0) is 37.8 Å². The molecule has 1 heterocycles. The fourth-order valence-corrected chi connectivity index (χ4v) is 3.45. The van der Waals surface area contributed by atoms with E-state index >= 15 is 0 Å². The summed E-state index contributed by atoms with van der Waals surface area (Å²) in [4.78, 5) is 27.4. The van der Waals surface area contributed by atoms with Gasteiger partial charge in [0.15, 0.2) is 6.10 Å². The monoisotopic (exact) mass is 342 g/mol. The predicted molar refractivity (Wildman–Crippen MR) is 97.2 cm³/mol. The number of carbonyl (C=O) groups is 2. The minimum Gasteiger partial charge on any atom is -0.453 e. The number of esters is 1. The summed E-state index contributed by atoms with van der Waals surface area (Å²) in [5.41, 5.74) is 2.15. The molecule has 1 fully saturated rings. The van der Waals surface area contributed by atoms with Crippen LogP contribution >= 0.6 is 0 Å². The molecule has 1 aliphatic rings. The number of carbonyl (C=O) groups excluding carboxylic acids is 2. The largest absolute Gasteiger partial charge is 0.453 e. The Labute approximate surface area is 148 Å². The molecule has 134 valence electrons. The van der Waals surface area contributed by atoms with E-state index in [1.807, 2.05) is 30.5 Å². The van der Waals surface area contributed by atoms with Crippen molar-refractivity contribution in [3.05, 3.63) is 36.0 Å². The number of aromatic nitrogens is 1. The van der Waals surface area contributed by atoms with Gasteiger partial charge in [0.05, 0.1) is 0 Å². The molecular formula is C20H26N2O3. The van der Waals surface area contributed by atoms with Crippen molar-refractivity contribution >= 4 is 22.8 Å². The maximum atomic E-state index is 12.2. The molecular weight excluding hydrogens is 316 g/mol. The standard InChI is InChI=1S/C20H26N2O3/c1-14(20(24)22-16-7-3-2-4-8-16)25-19(23)12-11-15-13-21-18-10-6-5-9-17(15)18/h5-6,9-10,13-14,16,21H,2-4,7-8,11-12H2,1H3,(H,22,24). The molecule has 1 unspecified atom stereocenters. The number of hydrogen-bond donors (Lipinski definition) is 2. The number of aryl methyl sites for hydroxylation is 1. The number of H-pyrrole nitrogens is 1. The molecule has 0 saturated heterocycles. The number of ether oxygens (including phenoxy) is 1. The molecule has 1 aromatic heterocycles. The summed E-state index contributed by atoms with van der Waals surface area (Å²) in [7, 11) is 0. The lowest BCUT2D eigenvalue weighted by Crippen LogP contribution is -2.42. The van der Waals surface area contributed by atoms with E-state index in [1.165, 1.54) is 6.42 Å². The van der Waals surface area contributed by atoms with Gasteiger partial charge < -0.3 is 15.0 Å². The highest BCUT2D eigenvalue weighted by atomic mass is 16.5. The van der Waals surface area contributed by atoms with Crippen molar-refractivity contribution in [3.8, 4) is 0 Å². The van der Waals surface area contributed by atoms with Crippen molar-refractivity contribution in [3.63, 3.8) is 0 Å². The second-order valence-corrected chi connectivity index (χ2v) is 6.84. The molecule has 0 aliphatic heterocycles. The lowest BCUT2D eigenvalue weighted by Gasteiger charge is -2.24. The van der Waals surface area contributed by atoms with Crippen molar-refractivity contribution in [1.82, 2.24) is 10.3 Å². The maximum absolute atomic E-state index is 12.2. The highest BCUT2D eigenvalue weighted by Gasteiger charge is 2.22. The Morgan fingerprint density at radius 2 is 2.00 bits per heavy atom. The molecule has 2 aromatic rings. The molecule has 2 N–H and O–H groups in total. The predicted octanol–water partition coefficient (Wildman–Crippen LogP) is 3.48. The van der Waals surface area contributed by atoms with E-state index in [2.05, 4.69) is 10.3 Å². The van der Waals surface area contributed by atoms with Crippen molar-refractivity contribution in [2.75, 3.05) is 0 Å². The van der Waals surface area contributed by atoms with Gasteiger partial charge in [0, 0.05) is 29.6 Å². The molecule has 3 rings (SSSR count). The zero-order valence-electron chi connectivity index (χ0n) is 14.7. The van der Waals surface area contributed by atoms with E-state index in [1.54, 1.807) is 6.92 Å². The van der Waals surface area contributed by atoms with Gasteiger partial charge in [0.2, 0.25) is 0 Å². The number of para-hydroxylation sites is 1. The topological polar surface area (TPSA) is 71.2 Å². The molecule has 1 atom stereocenters. The molecule has 1 aliphatic carbocycles. The van der Waals surface area contributed by atoms with Gasteiger partial charge in [-0.1, -0.05) is 37.5 Å². The van der Waals surface area contributed by atoms with Crippen molar-refractivity contribution in [1.29, 1.82) is 0 Å². The van der Waals surface area contributed by atoms with Gasteiger partial charge in [0.25, 0.3) is 5.91 Å². The minimum atomic E-state index is -0.739. The first-order chi connectivity index (χ1) is 12.1. The van der Waals surface area contributed by atoms with Crippen LogP contribution in [0.4, 0.5) is 0 Å². The Bertz CT molecular complexity index is 731. The second kappa shape index (κ2) is 8.19. The molecule has 1 amide bonds. The fourth-order valence-electron chi connectivity index (χ4n) is 3.45. The van der Waals surface area contributed by atoms with Crippen LogP contribution in [0.3, 0.4) is 0 Å². The highest BCUT2D eigenvalue weighted by molar-refractivity contribution is 5.85. The number of hydrogen-bond acceptors (Lipinski definition) is 3. The number of amides is 1. The van der Waals surface area contributed by atoms with Crippen LogP contribution in [0.25, 0.3) is 10.9 Å². The number of fused-ring (bicyclic) bond motifs is 1. The minimum absolute atomic E-state index is 0.188. The summed E-state index contributed by atoms with van der Waals surface area (Å²) < 4.78 is 5.30. The number of rotatable bonds is 6. The average molecular weight is 342 g/mol. The van der Waals surface area contributed by atoms with Crippen molar-refractivity contribution in [2.45, 2.75) is 64.0 Å². The number of aromatic amines is 1. The van der Waals surface area contributed by atoms with Gasteiger partial charge in [-0.3, -0.25) is 9.59 Å². The average Bonchev–Trinajstić information content (AvgIpc) is 3.04. The van der Waals surface area contributed by atoms with Gasteiger partial charge in [-0.15, -0.1) is 0 Å². The van der Waals surface area contributed by atoms with Crippen LogP contribution < -0.4 is 5.32 Å². The van der Waals surface area contributed by atoms with Crippen LogP contribution in [0.5, 0.6) is 0 Å². The van der Waals surface area contributed by atoms with E-state index < -0.39 is 6.10 Å². The summed E-state index contributed by atoms with van der Waals surface area (Å²) >= 11 is 0. The lowest BCUT2D eigenvalue weighted by molar-refractivity contribution is -0.155. The van der Waals surface area contributed by atoms with Crippen LogP contribution in [-0.4, -0.2) is 29.0 Å². The van der Waals surface area contributed by atoms with Crippen molar-refractivity contribution in [2.24, 2.45) is 0 Å². The molecule has 1 aromatic carbocycles. The first kappa shape index (κ1) is 17.5. The third-order valence-electron chi connectivity index (χ3n) is 4.90. The summed E-state index contributed by atoms with van der Waals surface area (Å²) in [6.07, 6.45) is 7.65. The first-order valence-corrected chi connectivity index (χ1v) is 9.18. The molecule has 0 radical (unpaired) electrons.